The molecule has 0 fully saturated rings. The summed E-state index contributed by atoms with van der Waals surface area (Å²) in [6.07, 6.45) is -4.11. The summed E-state index contributed by atoms with van der Waals surface area (Å²) in [6, 6.07) is 21.1. The summed E-state index contributed by atoms with van der Waals surface area (Å²) in [5.41, 5.74) is -2.51. The zero-order valence-corrected chi connectivity index (χ0v) is 27.9. The number of benzene rings is 3. The molecule has 0 aromatic heterocycles. The molecule has 2 atom stereocenters. The van der Waals surface area contributed by atoms with Gasteiger partial charge in [0.1, 0.15) is 43.1 Å². The molecule has 51 heavy (non-hydrogen) atoms. The number of carbonyl (C=O) groups excluding carboxylic acids is 2. The maximum Gasteiger partial charge on any atom is 0.431 e. The van der Waals surface area contributed by atoms with Crippen LogP contribution >= 0.6 is 0 Å². The highest BCUT2D eigenvalue weighted by Crippen LogP contribution is 2.44. The number of alkyl halides is 3. The number of aliphatic hydroxyl groups is 1. The lowest BCUT2D eigenvalue weighted by Crippen LogP contribution is -2.38. The SMILES string of the molecule is COC(=O)C1=C(C(F)(F)F)NC(C)=C(C(=O)OCCOc2ccc(CCCNCC(O)COc3ccccc3)cc2)C1c1cccc([N+](=O)[O-])c1. The third-order valence-corrected chi connectivity index (χ3v) is 7.78. The minimum absolute atomic E-state index is 0.0972. The number of hydrogen-bond donors (Lipinski definition) is 3. The number of allylic oxidation sites excluding steroid dienone is 2. The van der Waals surface area contributed by atoms with Crippen LogP contribution in [0.25, 0.3) is 0 Å². The van der Waals surface area contributed by atoms with Crippen molar-refractivity contribution in [3.8, 4) is 11.5 Å². The van der Waals surface area contributed by atoms with Crippen molar-refractivity contribution in [2.24, 2.45) is 0 Å². The Morgan fingerprint density at radius 3 is 2.33 bits per heavy atom. The lowest BCUT2D eigenvalue weighted by atomic mass is 9.80. The Morgan fingerprint density at radius 1 is 0.961 bits per heavy atom. The Balaban J connectivity index is 1.30. The highest BCUT2D eigenvalue weighted by molar-refractivity contribution is 6.00. The Labute approximate surface area is 292 Å². The Kier molecular flexibility index (Phi) is 13.6. The summed E-state index contributed by atoms with van der Waals surface area (Å²) >= 11 is 0. The predicted molar refractivity (Wildman–Crippen MR) is 179 cm³/mol. The van der Waals surface area contributed by atoms with E-state index in [2.05, 4.69) is 15.4 Å². The van der Waals surface area contributed by atoms with Crippen molar-refractivity contribution in [2.75, 3.05) is 40.0 Å². The van der Waals surface area contributed by atoms with Gasteiger partial charge >= 0.3 is 18.1 Å². The molecule has 3 aromatic carbocycles. The molecule has 0 radical (unpaired) electrons. The van der Waals surface area contributed by atoms with E-state index in [9.17, 15) is 38.0 Å². The molecule has 2 unspecified atom stereocenters. The van der Waals surface area contributed by atoms with Crippen molar-refractivity contribution in [1.29, 1.82) is 0 Å². The van der Waals surface area contributed by atoms with Gasteiger partial charge in [-0.25, -0.2) is 9.59 Å². The van der Waals surface area contributed by atoms with Crippen LogP contribution in [0, 0.1) is 10.1 Å². The highest BCUT2D eigenvalue weighted by atomic mass is 19.4. The van der Waals surface area contributed by atoms with Crippen LogP contribution in [0.4, 0.5) is 18.9 Å². The minimum atomic E-state index is -5.05. The van der Waals surface area contributed by atoms with Gasteiger partial charge in [0.2, 0.25) is 0 Å². The first-order valence-corrected chi connectivity index (χ1v) is 16.0. The third kappa shape index (κ3) is 10.8. The van der Waals surface area contributed by atoms with Gasteiger partial charge in [0.05, 0.1) is 29.1 Å². The fraction of sp³-hybridized carbons (Fsp3) is 0.333. The number of esters is 2. The first-order chi connectivity index (χ1) is 24.4. The molecule has 15 heteroatoms. The van der Waals surface area contributed by atoms with Gasteiger partial charge in [0, 0.05) is 24.4 Å². The average Bonchev–Trinajstić information content (AvgIpc) is 3.12. The number of nitrogens with zero attached hydrogens (tertiary/aromatic N) is 1. The summed E-state index contributed by atoms with van der Waals surface area (Å²) in [4.78, 5) is 36.8. The quantitative estimate of drug-likeness (QED) is 0.0737. The molecule has 0 spiro atoms. The van der Waals surface area contributed by atoms with E-state index in [0.29, 0.717) is 24.6 Å². The van der Waals surface area contributed by atoms with E-state index < -0.39 is 52.0 Å². The monoisotopic (exact) mass is 713 g/mol. The van der Waals surface area contributed by atoms with Gasteiger partial charge in [-0.3, -0.25) is 10.1 Å². The van der Waals surface area contributed by atoms with E-state index in [4.69, 9.17) is 14.2 Å². The lowest BCUT2D eigenvalue weighted by Gasteiger charge is -2.31. The van der Waals surface area contributed by atoms with Gasteiger partial charge in [-0.15, -0.1) is 0 Å². The number of para-hydroxylation sites is 1. The number of halogens is 3. The molecule has 3 N–H and O–H groups in total. The van der Waals surface area contributed by atoms with Crippen molar-refractivity contribution in [2.45, 2.75) is 38.0 Å². The maximum atomic E-state index is 14.1. The fourth-order valence-electron chi connectivity index (χ4n) is 5.38. The number of non-ortho nitro benzene ring substituents is 1. The van der Waals surface area contributed by atoms with Crippen molar-refractivity contribution >= 4 is 17.6 Å². The van der Waals surface area contributed by atoms with Gasteiger partial charge < -0.3 is 34.7 Å². The summed E-state index contributed by atoms with van der Waals surface area (Å²) in [6.45, 7) is 2.08. The molecule has 3 aromatic rings. The number of methoxy groups -OCH3 is 1. The summed E-state index contributed by atoms with van der Waals surface area (Å²) in [7, 11) is 0.885. The smallest absolute Gasteiger partial charge is 0.431 e. The zero-order valence-electron chi connectivity index (χ0n) is 27.9. The highest BCUT2D eigenvalue weighted by Gasteiger charge is 2.47. The number of ether oxygens (including phenoxy) is 4. The van der Waals surface area contributed by atoms with Crippen molar-refractivity contribution in [3.05, 3.63) is 123 Å². The minimum Gasteiger partial charge on any atom is -0.491 e. The normalized spacial score (nSPS) is 15.1. The molecule has 1 heterocycles. The number of aryl methyl sites for hydroxylation is 1. The van der Waals surface area contributed by atoms with E-state index in [1.807, 2.05) is 42.5 Å². The van der Waals surface area contributed by atoms with Crippen LogP contribution in [0.2, 0.25) is 0 Å². The molecule has 1 aliphatic heterocycles. The first kappa shape index (κ1) is 38.4. The number of aliphatic hydroxyl groups excluding tert-OH is 1. The van der Waals surface area contributed by atoms with Crippen LogP contribution in [0.3, 0.4) is 0 Å². The van der Waals surface area contributed by atoms with Crippen LogP contribution in [0.1, 0.15) is 30.4 Å². The zero-order chi connectivity index (χ0) is 37.0. The van der Waals surface area contributed by atoms with E-state index in [1.165, 1.54) is 19.1 Å². The van der Waals surface area contributed by atoms with Gasteiger partial charge in [-0.1, -0.05) is 42.5 Å². The first-order valence-electron chi connectivity index (χ1n) is 16.0. The standard InChI is InChI=1S/C36H38F3N3O9/c1-23-30(31(25-9-6-10-26(20-25)42(46)47)32(34(44)48-2)33(41-23)36(37,38)39)35(45)50-19-18-49-29-15-13-24(14-16-29)8-7-17-40-21-27(43)22-51-28-11-4-3-5-12-28/h3-6,9-16,20,27,31,40-41,43H,7-8,17-19,21-22H2,1-2H3. The number of hydrogen-bond acceptors (Lipinski definition) is 11. The van der Waals surface area contributed by atoms with Crippen LogP contribution in [-0.2, 0) is 25.5 Å². The fourth-order valence-corrected chi connectivity index (χ4v) is 5.38. The molecule has 4 rings (SSSR count). The molecule has 272 valence electrons. The Hall–Kier alpha value is -5.41. The van der Waals surface area contributed by atoms with E-state index in [1.54, 1.807) is 12.1 Å². The number of nitrogens with one attached hydrogen (secondary N) is 2. The molecular weight excluding hydrogens is 675 g/mol. The predicted octanol–water partition coefficient (Wildman–Crippen LogP) is 5.13. The second kappa shape index (κ2) is 18.0. The third-order valence-electron chi connectivity index (χ3n) is 7.78. The summed E-state index contributed by atoms with van der Waals surface area (Å²) in [5, 5.41) is 26.8. The molecule has 0 saturated carbocycles. The van der Waals surface area contributed by atoms with Gasteiger partial charge in [-0.05, 0) is 61.7 Å². The van der Waals surface area contributed by atoms with Crippen LogP contribution in [0.15, 0.2) is 101 Å². The summed E-state index contributed by atoms with van der Waals surface area (Å²) in [5.74, 6) is -2.93. The summed E-state index contributed by atoms with van der Waals surface area (Å²) < 4.78 is 63.5. The lowest BCUT2D eigenvalue weighted by molar-refractivity contribution is -0.384. The van der Waals surface area contributed by atoms with Gasteiger partial charge in [-0.2, -0.15) is 13.2 Å². The number of nitro groups is 1. The topological polar surface area (TPSA) is 158 Å². The maximum absolute atomic E-state index is 14.1. The second-order valence-corrected chi connectivity index (χ2v) is 11.4. The second-order valence-electron chi connectivity index (χ2n) is 11.4. The van der Waals surface area contributed by atoms with E-state index >= 15 is 0 Å². The molecule has 0 saturated heterocycles. The molecule has 12 nitrogen and oxygen atoms in total. The molecule has 0 aliphatic carbocycles. The number of carbonyl (C=O) groups is 2. The molecule has 1 aliphatic rings. The van der Waals surface area contributed by atoms with Crippen molar-refractivity contribution < 1.29 is 51.7 Å². The van der Waals surface area contributed by atoms with Crippen LogP contribution in [0.5, 0.6) is 11.5 Å². The molecule has 0 amide bonds. The van der Waals surface area contributed by atoms with E-state index in [-0.39, 0.29) is 36.7 Å². The Morgan fingerprint density at radius 2 is 1.67 bits per heavy atom. The van der Waals surface area contributed by atoms with Crippen molar-refractivity contribution in [3.63, 3.8) is 0 Å². The van der Waals surface area contributed by atoms with Crippen LogP contribution < -0.4 is 20.1 Å². The number of nitro benzene ring substituents is 1. The average molecular weight is 714 g/mol. The van der Waals surface area contributed by atoms with Gasteiger partial charge in [0.25, 0.3) is 5.69 Å². The Bertz CT molecular complexity index is 1730. The van der Waals surface area contributed by atoms with Gasteiger partial charge in [0.15, 0.2) is 0 Å². The molecule has 0 bridgehead atoms. The van der Waals surface area contributed by atoms with Crippen LogP contribution in [-0.4, -0.2) is 74.3 Å². The largest absolute Gasteiger partial charge is 0.491 e. The van der Waals surface area contributed by atoms with Crippen molar-refractivity contribution in [1.82, 2.24) is 10.6 Å². The number of rotatable bonds is 17. The van der Waals surface area contributed by atoms with E-state index in [0.717, 1.165) is 37.6 Å². The number of dihydropyridines is 1. The molecular formula is C36H38F3N3O9.